The number of nitrogens with two attached hydrogens (primary N) is 1. The molecule has 0 aromatic heterocycles. The van der Waals surface area contributed by atoms with E-state index in [0.29, 0.717) is 0 Å². The van der Waals surface area contributed by atoms with Crippen LogP contribution >= 0.6 is 0 Å². The second kappa shape index (κ2) is 15.5. The van der Waals surface area contributed by atoms with Crippen molar-refractivity contribution < 1.29 is 0 Å². The molecule has 1 nitrogen and oxygen atoms in total. The van der Waals surface area contributed by atoms with Crippen LogP contribution in [0.5, 0.6) is 0 Å². The molecule has 0 unspecified atom stereocenters. The Morgan fingerprint density at radius 3 is 1.36 bits per heavy atom. The maximum atomic E-state index is 5.42. The second-order valence-corrected chi connectivity index (χ2v) is 3.97. The molecular weight excluding hydrogens is 169 g/mol. The van der Waals surface area contributed by atoms with Gasteiger partial charge in [-0.05, 0) is 13.0 Å². The van der Waals surface area contributed by atoms with E-state index in [0.717, 1.165) is 6.54 Å². The fraction of sp³-hybridized carbons (Fsp3) is 1.00. The molecule has 0 bridgehead atoms. The van der Waals surface area contributed by atoms with Crippen LogP contribution in [0.1, 0.15) is 71.1 Å². The van der Waals surface area contributed by atoms with Crippen LogP contribution in [0.15, 0.2) is 0 Å². The normalized spacial score (nSPS) is 9.86. The first-order valence-electron chi connectivity index (χ1n) is 6.12. The third-order valence-electron chi connectivity index (χ3n) is 2.56. The molecule has 0 amide bonds. The molecule has 0 spiro atoms. The largest absolute Gasteiger partial charge is 0.330 e. The molecule has 0 aliphatic heterocycles. The van der Waals surface area contributed by atoms with E-state index in [4.69, 9.17) is 5.73 Å². The number of hydrogen-bond donors (Lipinski definition) is 1. The molecule has 0 aromatic rings. The first-order chi connectivity index (χ1) is 6.41. The molecular formula is C12H30BN. The van der Waals surface area contributed by atoms with Crippen molar-refractivity contribution in [3.8, 4) is 0 Å². The third kappa shape index (κ3) is 14.5. The van der Waals surface area contributed by atoms with Crippen molar-refractivity contribution in [3.63, 3.8) is 0 Å². The van der Waals surface area contributed by atoms with Crippen molar-refractivity contribution in [2.24, 2.45) is 5.73 Å². The quantitative estimate of drug-likeness (QED) is 0.425. The zero-order chi connectivity index (χ0) is 9.78. The summed E-state index contributed by atoms with van der Waals surface area (Å²) in [6, 6.07) is 0. The number of rotatable bonds is 10. The molecule has 0 fully saturated rings. The summed E-state index contributed by atoms with van der Waals surface area (Å²) >= 11 is 0. The molecule has 0 atom stereocenters. The minimum atomic E-state index is 0. The van der Waals surface area contributed by atoms with Gasteiger partial charge in [-0.3, -0.25) is 0 Å². The highest BCUT2D eigenvalue weighted by molar-refractivity contribution is 5.75. The van der Waals surface area contributed by atoms with Crippen LogP contribution in [-0.4, -0.2) is 15.0 Å². The first kappa shape index (κ1) is 16.5. The van der Waals surface area contributed by atoms with E-state index in [2.05, 4.69) is 6.92 Å². The zero-order valence-electron chi connectivity index (χ0n) is 9.36. The first-order valence-corrected chi connectivity index (χ1v) is 6.12. The van der Waals surface area contributed by atoms with Crippen LogP contribution in [0.25, 0.3) is 0 Å². The van der Waals surface area contributed by atoms with Gasteiger partial charge in [-0.15, -0.1) is 0 Å². The standard InChI is InChI=1S/C12H27N.BH3/c1-2-3-4-5-6-7-8-9-10-11-12-13;/h2-13H2,1H3;1H3. The van der Waals surface area contributed by atoms with Crippen LogP contribution in [-0.2, 0) is 0 Å². The average molecular weight is 199 g/mol. The van der Waals surface area contributed by atoms with Crippen molar-refractivity contribution in [3.05, 3.63) is 0 Å². The maximum absolute atomic E-state index is 5.42. The van der Waals surface area contributed by atoms with Crippen LogP contribution in [0, 0.1) is 0 Å². The van der Waals surface area contributed by atoms with Gasteiger partial charge in [-0.25, -0.2) is 0 Å². The summed E-state index contributed by atoms with van der Waals surface area (Å²) in [5.74, 6) is 0. The van der Waals surface area contributed by atoms with Gasteiger partial charge in [0.2, 0.25) is 0 Å². The Bertz CT molecular complexity index is 76.4. The van der Waals surface area contributed by atoms with Crippen molar-refractivity contribution in [1.29, 1.82) is 0 Å². The molecule has 0 aromatic carbocycles. The lowest BCUT2D eigenvalue weighted by atomic mass is 10.1. The van der Waals surface area contributed by atoms with Gasteiger partial charge < -0.3 is 5.73 Å². The lowest BCUT2D eigenvalue weighted by Gasteiger charge is -2.00. The minimum Gasteiger partial charge on any atom is -0.330 e. The highest BCUT2D eigenvalue weighted by atomic mass is 14.5. The van der Waals surface area contributed by atoms with Gasteiger partial charge in [0.05, 0.1) is 8.41 Å². The molecule has 0 aliphatic rings. The smallest absolute Gasteiger partial charge is 0.0814 e. The van der Waals surface area contributed by atoms with Gasteiger partial charge in [0.25, 0.3) is 0 Å². The molecule has 0 saturated carbocycles. The molecule has 14 heavy (non-hydrogen) atoms. The Hall–Kier alpha value is 0.0249. The van der Waals surface area contributed by atoms with E-state index in [9.17, 15) is 0 Å². The van der Waals surface area contributed by atoms with Crippen LogP contribution in [0.4, 0.5) is 0 Å². The second-order valence-electron chi connectivity index (χ2n) is 3.97. The molecule has 0 radical (unpaired) electrons. The van der Waals surface area contributed by atoms with Gasteiger partial charge >= 0.3 is 0 Å². The van der Waals surface area contributed by atoms with E-state index >= 15 is 0 Å². The predicted molar refractivity (Wildman–Crippen MR) is 70.8 cm³/mol. The SMILES string of the molecule is B.CCCCCCCCCCCCN. The lowest BCUT2D eigenvalue weighted by Crippen LogP contribution is -1.97. The monoisotopic (exact) mass is 199 g/mol. The molecule has 0 saturated heterocycles. The van der Waals surface area contributed by atoms with Gasteiger partial charge in [0, 0.05) is 0 Å². The molecule has 0 aliphatic carbocycles. The van der Waals surface area contributed by atoms with E-state index in [1.54, 1.807) is 0 Å². The summed E-state index contributed by atoms with van der Waals surface area (Å²) in [6.45, 7) is 3.14. The molecule has 0 heterocycles. The summed E-state index contributed by atoms with van der Waals surface area (Å²) < 4.78 is 0. The Balaban J connectivity index is 0. The minimum absolute atomic E-state index is 0. The van der Waals surface area contributed by atoms with Gasteiger partial charge in [-0.1, -0.05) is 64.7 Å². The van der Waals surface area contributed by atoms with Crippen LogP contribution < -0.4 is 5.73 Å². The van der Waals surface area contributed by atoms with Gasteiger partial charge in [0.15, 0.2) is 0 Å². The Labute approximate surface area is 92.4 Å². The lowest BCUT2D eigenvalue weighted by molar-refractivity contribution is 0.558. The summed E-state index contributed by atoms with van der Waals surface area (Å²) in [5.41, 5.74) is 5.42. The van der Waals surface area contributed by atoms with Gasteiger partial charge in [-0.2, -0.15) is 0 Å². The number of unbranched alkanes of at least 4 members (excludes halogenated alkanes) is 9. The molecule has 2 N–H and O–H groups in total. The van der Waals surface area contributed by atoms with Crippen molar-refractivity contribution in [2.45, 2.75) is 71.1 Å². The Morgan fingerprint density at radius 2 is 1.00 bits per heavy atom. The Kier molecular flexibility index (Phi) is 18.2. The fourth-order valence-electron chi connectivity index (χ4n) is 1.63. The molecule has 86 valence electrons. The topological polar surface area (TPSA) is 26.0 Å². The molecule has 0 rings (SSSR count). The summed E-state index contributed by atoms with van der Waals surface area (Å²) in [7, 11) is 0. The van der Waals surface area contributed by atoms with Crippen molar-refractivity contribution >= 4 is 8.41 Å². The zero-order valence-corrected chi connectivity index (χ0v) is 9.36. The highest BCUT2D eigenvalue weighted by Crippen LogP contribution is 2.09. The van der Waals surface area contributed by atoms with E-state index in [-0.39, 0.29) is 8.41 Å². The predicted octanol–water partition coefficient (Wildman–Crippen LogP) is 2.68. The average Bonchev–Trinajstić information content (AvgIpc) is 2.16. The summed E-state index contributed by atoms with van der Waals surface area (Å²) in [4.78, 5) is 0. The maximum Gasteiger partial charge on any atom is 0.0814 e. The van der Waals surface area contributed by atoms with Crippen molar-refractivity contribution in [2.75, 3.05) is 6.54 Å². The van der Waals surface area contributed by atoms with Crippen molar-refractivity contribution in [1.82, 2.24) is 0 Å². The van der Waals surface area contributed by atoms with Crippen LogP contribution in [0.3, 0.4) is 0 Å². The summed E-state index contributed by atoms with van der Waals surface area (Å²) in [5, 5.41) is 0. The Morgan fingerprint density at radius 1 is 0.643 bits per heavy atom. The highest BCUT2D eigenvalue weighted by Gasteiger charge is 1.90. The van der Waals surface area contributed by atoms with E-state index in [1.807, 2.05) is 0 Å². The van der Waals surface area contributed by atoms with Gasteiger partial charge in [0.1, 0.15) is 0 Å². The fourth-order valence-corrected chi connectivity index (χ4v) is 1.63. The third-order valence-corrected chi connectivity index (χ3v) is 2.56. The van der Waals surface area contributed by atoms with E-state index < -0.39 is 0 Å². The number of hydrogen-bond acceptors (Lipinski definition) is 1. The molecule has 2 heteroatoms. The van der Waals surface area contributed by atoms with Crippen LogP contribution in [0.2, 0.25) is 0 Å². The summed E-state index contributed by atoms with van der Waals surface area (Å²) in [6.07, 6.45) is 13.9. The van der Waals surface area contributed by atoms with E-state index in [1.165, 1.54) is 64.2 Å².